The van der Waals surface area contributed by atoms with Gasteiger partial charge in [-0.3, -0.25) is 4.90 Å². The fourth-order valence-corrected chi connectivity index (χ4v) is 2.92. The van der Waals surface area contributed by atoms with Crippen LogP contribution < -0.4 is 5.73 Å². The molecule has 2 rings (SSSR count). The van der Waals surface area contributed by atoms with E-state index in [1.807, 2.05) is 0 Å². The summed E-state index contributed by atoms with van der Waals surface area (Å²) in [5.41, 5.74) is 8.34. The van der Waals surface area contributed by atoms with Crippen molar-refractivity contribution in [1.29, 1.82) is 0 Å². The highest BCUT2D eigenvalue weighted by molar-refractivity contribution is 5.22. The van der Waals surface area contributed by atoms with Crippen LogP contribution in [0.15, 0.2) is 24.3 Å². The molecule has 1 aliphatic rings. The molecule has 0 bridgehead atoms. The van der Waals surface area contributed by atoms with Crippen LogP contribution in [0, 0.1) is 0 Å². The van der Waals surface area contributed by atoms with E-state index in [-0.39, 0.29) is 0 Å². The van der Waals surface area contributed by atoms with Gasteiger partial charge in [0.1, 0.15) is 0 Å². The van der Waals surface area contributed by atoms with Gasteiger partial charge >= 0.3 is 0 Å². The van der Waals surface area contributed by atoms with Crippen LogP contribution in [-0.2, 0) is 13.0 Å². The average Bonchev–Trinajstić information content (AvgIpc) is 2.42. The van der Waals surface area contributed by atoms with Gasteiger partial charge in [-0.15, -0.1) is 0 Å². The molecule has 0 saturated heterocycles. The van der Waals surface area contributed by atoms with Crippen molar-refractivity contribution in [3.8, 4) is 0 Å². The van der Waals surface area contributed by atoms with E-state index >= 15 is 0 Å². The molecule has 1 fully saturated rings. The number of nitrogens with two attached hydrogens (primary N) is 1. The van der Waals surface area contributed by atoms with Gasteiger partial charge in [-0.05, 0) is 44.0 Å². The van der Waals surface area contributed by atoms with Gasteiger partial charge < -0.3 is 5.73 Å². The lowest BCUT2D eigenvalue weighted by molar-refractivity contribution is 0.184. The number of hydrogen-bond acceptors (Lipinski definition) is 2. The van der Waals surface area contributed by atoms with E-state index in [0.717, 1.165) is 25.6 Å². The number of nitrogens with zero attached hydrogens (tertiary/aromatic N) is 1. The second-order valence-electron chi connectivity index (χ2n) is 5.56. The minimum atomic E-state index is 0.737. The zero-order valence-electron chi connectivity index (χ0n) is 11.6. The van der Waals surface area contributed by atoms with Crippen LogP contribution in [0.25, 0.3) is 0 Å². The lowest BCUT2D eigenvalue weighted by Crippen LogP contribution is -2.32. The standard InChI is InChI=1S/C16H26N2/c1-18(16-5-3-2-4-6-16)13-15-9-7-14(8-10-15)11-12-17/h7-10,16H,2-6,11-13,17H2,1H3. The van der Waals surface area contributed by atoms with Gasteiger partial charge in [-0.1, -0.05) is 43.5 Å². The van der Waals surface area contributed by atoms with Gasteiger partial charge in [0.25, 0.3) is 0 Å². The second kappa shape index (κ2) is 6.91. The maximum atomic E-state index is 5.57. The lowest BCUT2D eigenvalue weighted by Gasteiger charge is -2.31. The van der Waals surface area contributed by atoms with Gasteiger partial charge in [-0.2, -0.15) is 0 Å². The Morgan fingerprint density at radius 2 is 1.67 bits per heavy atom. The first-order valence-electron chi connectivity index (χ1n) is 7.27. The van der Waals surface area contributed by atoms with Crippen LogP contribution in [0.2, 0.25) is 0 Å². The van der Waals surface area contributed by atoms with Crippen LogP contribution in [0.4, 0.5) is 0 Å². The Labute approximate surface area is 111 Å². The lowest BCUT2D eigenvalue weighted by atomic mass is 9.94. The van der Waals surface area contributed by atoms with Crippen LogP contribution >= 0.6 is 0 Å². The summed E-state index contributed by atoms with van der Waals surface area (Å²) in [6.07, 6.45) is 7.98. The summed E-state index contributed by atoms with van der Waals surface area (Å²) in [6, 6.07) is 9.74. The normalized spacial score (nSPS) is 17.3. The molecule has 0 amide bonds. The van der Waals surface area contributed by atoms with Crippen molar-refractivity contribution in [1.82, 2.24) is 4.90 Å². The Morgan fingerprint density at radius 1 is 1.06 bits per heavy atom. The molecule has 100 valence electrons. The molecule has 2 heteroatoms. The van der Waals surface area contributed by atoms with Crippen molar-refractivity contribution in [3.63, 3.8) is 0 Å². The molecule has 2 nitrogen and oxygen atoms in total. The minimum Gasteiger partial charge on any atom is -0.330 e. The zero-order chi connectivity index (χ0) is 12.8. The first kappa shape index (κ1) is 13.6. The Kier molecular flexibility index (Phi) is 5.21. The fourth-order valence-electron chi connectivity index (χ4n) is 2.92. The molecule has 0 unspecified atom stereocenters. The van der Waals surface area contributed by atoms with Crippen molar-refractivity contribution in [2.24, 2.45) is 5.73 Å². The van der Waals surface area contributed by atoms with Crippen LogP contribution in [0.3, 0.4) is 0 Å². The highest BCUT2D eigenvalue weighted by atomic mass is 15.1. The summed E-state index contributed by atoms with van der Waals surface area (Å²) in [4.78, 5) is 2.52. The van der Waals surface area contributed by atoms with Crippen molar-refractivity contribution >= 4 is 0 Å². The van der Waals surface area contributed by atoms with E-state index in [9.17, 15) is 0 Å². The molecular formula is C16H26N2. The fraction of sp³-hybridized carbons (Fsp3) is 0.625. The van der Waals surface area contributed by atoms with Gasteiger partial charge in [0.2, 0.25) is 0 Å². The summed E-state index contributed by atoms with van der Waals surface area (Å²) in [5.74, 6) is 0. The second-order valence-corrected chi connectivity index (χ2v) is 5.56. The van der Waals surface area contributed by atoms with E-state index < -0.39 is 0 Å². The third kappa shape index (κ3) is 3.82. The van der Waals surface area contributed by atoms with E-state index in [1.54, 1.807) is 0 Å². The Morgan fingerprint density at radius 3 is 2.28 bits per heavy atom. The molecule has 1 aromatic rings. The molecule has 0 spiro atoms. The van der Waals surface area contributed by atoms with E-state index in [4.69, 9.17) is 5.73 Å². The van der Waals surface area contributed by atoms with Crippen LogP contribution in [0.5, 0.6) is 0 Å². The first-order valence-corrected chi connectivity index (χ1v) is 7.27. The smallest absolute Gasteiger partial charge is 0.0233 e. The predicted molar refractivity (Wildman–Crippen MR) is 77.5 cm³/mol. The maximum absolute atomic E-state index is 5.57. The number of benzene rings is 1. The van der Waals surface area contributed by atoms with Crippen molar-refractivity contribution in [2.45, 2.75) is 51.1 Å². The third-order valence-electron chi connectivity index (χ3n) is 4.09. The largest absolute Gasteiger partial charge is 0.330 e. The Bertz CT molecular complexity index is 339. The van der Waals surface area contributed by atoms with E-state index in [2.05, 4.69) is 36.2 Å². The van der Waals surface area contributed by atoms with Gasteiger partial charge in [0.15, 0.2) is 0 Å². The Balaban J connectivity index is 1.87. The molecule has 2 N–H and O–H groups in total. The molecule has 1 aliphatic carbocycles. The SMILES string of the molecule is CN(Cc1ccc(CCN)cc1)C1CCCCC1. The van der Waals surface area contributed by atoms with Gasteiger partial charge in [-0.25, -0.2) is 0 Å². The molecule has 0 radical (unpaired) electrons. The summed E-state index contributed by atoms with van der Waals surface area (Å²) in [6.45, 7) is 1.81. The molecule has 0 atom stereocenters. The molecule has 1 aromatic carbocycles. The van der Waals surface area contributed by atoms with Gasteiger partial charge in [0.05, 0.1) is 0 Å². The van der Waals surface area contributed by atoms with E-state index in [0.29, 0.717) is 0 Å². The summed E-state index contributed by atoms with van der Waals surface area (Å²) in [5, 5.41) is 0. The topological polar surface area (TPSA) is 29.3 Å². The first-order chi connectivity index (χ1) is 8.79. The maximum Gasteiger partial charge on any atom is 0.0233 e. The van der Waals surface area contributed by atoms with Crippen LogP contribution in [-0.4, -0.2) is 24.5 Å². The predicted octanol–water partition coefficient (Wildman–Crippen LogP) is 2.95. The Hall–Kier alpha value is -0.860. The molecular weight excluding hydrogens is 220 g/mol. The highest BCUT2D eigenvalue weighted by Crippen LogP contribution is 2.22. The molecule has 0 aromatic heterocycles. The van der Waals surface area contributed by atoms with Crippen molar-refractivity contribution in [2.75, 3.05) is 13.6 Å². The quantitative estimate of drug-likeness (QED) is 0.865. The molecule has 1 saturated carbocycles. The minimum absolute atomic E-state index is 0.737. The summed E-state index contributed by atoms with van der Waals surface area (Å²) >= 11 is 0. The summed E-state index contributed by atoms with van der Waals surface area (Å²) < 4.78 is 0. The summed E-state index contributed by atoms with van der Waals surface area (Å²) in [7, 11) is 2.27. The van der Waals surface area contributed by atoms with Crippen LogP contribution in [0.1, 0.15) is 43.2 Å². The molecule has 18 heavy (non-hydrogen) atoms. The number of hydrogen-bond donors (Lipinski definition) is 1. The van der Waals surface area contributed by atoms with E-state index in [1.165, 1.54) is 43.2 Å². The zero-order valence-corrected chi connectivity index (χ0v) is 11.6. The average molecular weight is 246 g/mol. The highest BCUT2D eigenvalue weighted by Gasteiger charge is 2.17. The third-order valence-corrected chi connectivity index (χ3v) is 4.09. The van der Waals surface area contributed by atoms with Gasteiger partial charge in [0, 0.05) is 12.6 Å². The number of rotatable bonds is 5. The monoisotopic (exact) mass is 246 g/mol. The van der Waals surface area contributed by atoms with Crippen molar-refractivity contribution in [3.05, 3.63) is 35.4 Å². The molecule has 0 heterocycles. The molecule has 0 aliphatic heterocycles. The van der Waals surface area contributed by atoms with Crippen molar-refractivity contribution < 1.29 is 0 Å².